The van der Waals surface area contributed by atoms with Crippen LogP contribution in [0, 0.1) is 0 Å². The van der Waals surface area contributed by atoms with Crippen molar-refractivity contribution in [3.05, 3.63) is 70.9 Å². The second-order valence-electron chi connectivity index (χ2n) is 18.3. The summed E-state index contributed by atoms with van der Waals surface area (Å²) in [6, 6.07) is 9.40. The number of fused-ring (bicyclic) bond motifs is 2. The SMILES string of the molecule is CC(=CC1=Nc2ccc(S(=O)(=O)O)cc2C1(C)CCCS(=O)(=O)O)C=C1N(C(C)(C)CCOC(C)(C)CCC(=O)ON2C(=O)CCC2=O)c2ccc(SO)cc2C1(C)CCCS(=O)(=O)O. The molecule has 65 heavy (non-hydrogen) atoms. The van der Waals surface area contributed by atoms with Crippen LogP contribution >= 0.6 is 12.0 Å². The van der Waals surface area contributed by atoms with E-state index in [1.54, 1.807) is 32.9 Å². The van der Waals surface area contributed by atoms with Gasteiger partial charge in [-0.2, -0.15) is 25.3 Å². The van der Waals surface area contributed by atoms with Crippen molar-refractivity contribution in [2.45, 2.75) is 138 Å². The molecule has 0 saturated carbocycles. The Labute approximate surface area is 384 Å². The molecule has 3 aliphatic rings. The first-order valence-electron chi connectivity index (χ1n) is 20.9. The second kappa shape index (κ2) is 19.3. The summed E-state index contributed by atoms with van der Waals surface area (Å²) in [6.07, 6.45) is 4.52. The lowest BCUT2D eigenvalue weighted by molar-refractivity contribution is -0.198. The smallest absolute Gasteiger partial charge is 0.333 e. The number of amides is 2. The number of anilines is 1. The molecule has 0 spiro atoms. The van der Waals surface area contributed by atoms with Gasteiger partial charge in [-0.15, -0.1) is 5.06 Å². The largest absolute Gasteiger partial charge is 0.375 e. The molecule has 4 N–H and O–H groups in total. The van der Waals surface area contributed by atoms with Crippen LogP contribution in [0.3, 0.4) is 0 Å². The van der Waals surface area contributed by atoms with Crippen molar-refractivity contribution in [2.75, 3.05) is 23.0 Å². The third-order valence-corrected chi connectivity index (χ3v) is 15.1. The molecule has 3 heterocycles. The lowest BCUT2D eigenvalue weighted by Gasteiger charge is -2.42. The minimum absolute atomic E-state index is 0.0181. The summed E-state index contributed by atoms with van der Waals surface area (Å²) in [7, 11) is -13.3. The molecule has 0 aliphatic carbocycles. The Hall–Kier alpha value is -4.00. The number of hydroxylamine groups is 2. The number of hydrogen-bond acceptors (Lipinski definition) is 15. The van der Waals surface area contributed by atoms with E-state index < -0.39 is 81.6 Å². The predicted molar refractivity (Wildman–Crippen MR) is 244 cm³/mol. The highest BCUT2D eigenvalue weighted by atomic mass is 32.2. The number of carbonyl (C=O) groups is 3. The Balaban J connectivity index is 1.52. The van der Waals surface area contributed by atoms with E-state index in [0.29, 0.717) is 56.7 Å². The van der Waals surface area contributed by atoms with Crippen LogP contribution in [0.1, 0.15) is 117 Å². The third kappa shape index (κ3) is 12.5. The normalized spacial score (nSPS) is 21.3. The van der Waals surface area contributed by atoms with E-state index in [1.165, 1.54) is 18.2 Å². The topological polar surface area (TPSA) is 272 Å². The fraction of sp³-hybridized carbons (Fsp3) is 0.535. The van der Waals surface area contributed by atoms with Crippen molar-refractivity contribution in [3.8, 4) is 0 Å². The van der Waals surface area contributed by atoms with Gasteiger partial charge in [0.2, 0.25) is 0 Å². The van der Waals surface area contributed by atoms with Gasteiger partial charge in [0, 0.05) is 64.1 Å². The van der Waals surface area contributed by atoms with Crippen molar-refractivity contribution in [3.63, 3.8) is 0 Å². The minimum Gasteiger partial charge on any atom is -0.375 e. The molecule has 0 bridgehead atoms. The number of carbonyl (C=O) groups excluding carboxylic acids is 3. The maximum atomic E-state index is 12.6. The monoisotopic (exact) mass is 983 g/mol. The van der Waals surface area contributed by atoms with Gasteiger partial charge in [0.1, 0.15) is 0 Å². The molecule has 2 aromatic rings. The molecule has 1 saturated heterocycles. The fourth-order valence-electron chi connectivity index (χ4n) is 8.58. The van der Waals surface area contributed by atoms with Crippen LogP contribution < -0.4 is 4.90 Å². The summed E-state index contributed by atoms with van der Waals surface area (Å²) < 4.78 is 118. The second-order valence-corrected chi connectivity index (χ2v) is 23.6. The van der Waals surface area contributed by atoms with Crippen molar-refractivity contribution < 1.29 is 67.4 Å². The number of rotatable bonds is 21. The molecular weight excluding hydrogens is 927 g/mol. The van der Waals surface area contributed by atoms with Crippen LogP contribution in [0.4, 0.5) is 11.4 Å². The van der Waals surface area contributed by atoms with Gasteiger partial charge in [-0.1, -0.05) is 0 Å². The number of ether oxygens (including phenoxy) is 1. The molecule has 2 amide bonds. The number of hydrogen-bond donors (Lipinski definition) is 4. The number of imide groups is 1. The van der Waals surface area contributed by atoms with Gasteiger partial charge < -0.3 is 19.0 Å². The Bertz CT molecular complexity index is 2640. The average molecular weight is 984 g/mol. The van der Waals surface area contributed by atoms with Gasteiger partial charge in [0.05, 0.1) is 39.8 Å². The van der Waals surface area contributed by atoms with E-state index in [4.69, 9.17) is 14.6 Å². The number of benzene rings is 2. The van der Waals surface area contributed by atoms with E-state index >= 15 is 0 Å². The molecule has 2 unspecified atom stereocenters. The Morgan fingerprint density at radius 1 is 0.862 bits per heavy atom. The lowest BCUT2D eigenvalue weighted by atomic mass is 9.75. The van der Waals surface area contributed by atoms with E-state index in [2.05, 4.69) is 4.90 Å². The number of nitrogens with zero attached hydrogens (tertiary/aromatic N) is 3. The maximum Gasteiger partial charge on any atom is 0.333 e. The predicted octanol–water partition coefficient (Wildman–Crippen LogP) is 7.14. The lowest BCUT2D eigenvalue weighted by Crippen LogP contribution is -2.45. The molecule has 22 heteroatoms. The van der Waals surface area contributed by atoms with Gasteiger partial charge in [-0.05, 0) is 152 Å². The van der Waals surface area contributed by atoms with Gasteiger partial charge in [-0.3, -0.25) is 28.2 Å². The van der Waals surface area contributed by atoms with Crippen LogP contribution in [-0.4, -0.2) is 101 Å². The summed E-state index contributed by atoms with van der Waals surface area (Å²) in [5.74, 6) is -2.98. The maximum absolute atomic E-state index is 12.6. The zero-order chi connectivity index (χ0) is 48.6. The van der Waals surface area contributed by atoms with Crippen LogP contribution in [0.2, 0.25) is 0 Å². The van der Waals surface area contributed by atoms with E-state index in [-0.39, 0.29) is 62.9 Å². The molecule has 2 atom stereocenters. The highest BCUT2D eigenvalue weighted by molar-refractivity contribution is 7.93. The van der Waals surface area contributed by atoms with E-state index in [9.17, 15) is 57.8 Å². The van der Waals surface area contributed by atoms with Crippen LogP contribution in [0.15, 0.2) is 74.6 Å². The van der Waals surface area contributed by atoms with Crippen molar-refractivity contribution >= 4 is 77.3 Å². The first-order chi connectivity index (χ1) is 29.9. The zero-order valence-corrected chi connectivity index (χ0v) is 40.6. The number of aliphatic imine (C=N–C) groups is 1. The fourth-order valence-corrected chi connectivity index (χ4v) is 10.4. The summed E-state index contributed by atoms with van der Waals surface area (Å²) in [5, 5.41) is 0.502. The van der Waals surface area contributed by atoms with Crippen LogP contribution in [0.5, 0.6) is 0 Å². The quantitative estimate of drug-likeness (QED) is 0.0550. The first kappa shape index (κ1) is 52.0. The van der Waals surface area contributed by atoms with Gasteiger partial charge in [-0.25, -0.2) is 4.79 Å². The molecule has 3 aliphatic heterocycles. The zero-order valence-electron chi connectivity index (χ0n) is 37.4. The molecule has 2 aromatic carbocycles. The molecule has 1 fully saturated rings. The molecule has 18 nitrogen and oxygen atoms in total. The molecule has 0 aromatic heterocycles. The Morgan fingerprint density at radius 3 is 2.03 bits per heavy atom. The minimum atomic E-state index is -4.62. The summed E-state index contributed by atoms with van der Waals surface area (Å²) >= 11 is 0.549. The Kier molecular flexibility index (Phi) is 15.4. The van der Waals surface area contributed by atoms with Crippen molar-refractivity contribution in [2.24, 2.45) is 4.99 Å². The summed E-state index contributed by atoms with van der Waals surface area (Å²) in [6.45, 7) is 13.3. The highest BCUT2D eigenvalue weighted by Crippen LogP contribution is 2.55. The highest BCUT2D eigenvalue weighted by Gasteiger charge is 2.48. The van der Waals surface area contributed by atoms with Crippen LogP contribution in [-0.2, 0) is 65.1 Å². The molecule has 358 valence electrons. The summed E-state index contributed by atoms with van der Waals surface area (Å²) in [5.41, 5.74) is 0.524. The molecule has 0 radical (unpaired) electrons. The van der Waals surface area contributed by atoms with Crippen molar-refractivity contribution in [1.82, 2.24) is 5.06 Å². The van der Waals surface area contributed by atoms with Crippen molar-refractivity contribution in [1.29, 1.82) is 0 Å². The van der Waals surface area contributed by atoms with Gasteiger partial charge in [0.15, 0.2) is 0 Å². The van der Waals surface area contributed by atoms with Crippen LogP contribution in [0.25, 0.3) is 0 Å². The average Bonchev–Trinajstić information content (AvgIpc) is 3.73. The Morgan fingerprint density at radius 2 is 1.46 bits per heavy atom. The van der Waals surface area contributed by atoms with E-state index in [1.807, 2.05) is 45.9 Å². The first-order valence-corrected chi connectivity index (χ1v) is 26.3. The summed E-state index contributed by atoms with van der Waals surface area (Å²) in [4.78, 5) is 48.6. The standard InChI is InChI=1S/C43H57N3O15S4/c1-28(24-35-42(6,17-8-22-63(51,52)53)31-27-30(65(57,58)59)11-12-33(31)44-35)25-36-43(7,18-9-23-64(54,55)56)32-26-29(62-50)10-13-34(32)45(36)40(2,3)20-21-60-41(4,5)19-16-39(49)61-46-37(47)14-15-38(46)48/h10-13,24-27,50H,8-9,14-23H2,1-7H3,(H,51,52,53)(H,54,55,56)(H,57,58,59). The van der Waals surface area contributed by atoms with Gasteiger partial charge >= 0.3 is 5.97 Å². The molecule has 5 rings (SSSR count). The molecular formula is C43H57N3O15S4. The number of allylic oxidation sites excluding steroid dienone is 4. The van der Waals surface area contributed by atoms with E-state index in [0.717, 1.165) is 11.3 Å². The third-order valence-electron chi connectivity index (χ3n) is 12.2. The van der Waals surface area contributed by atoms with Gasteiger partial charge in [0.25, 0.3) is 42.2 Å².